The smallest absolute Gasteiger partial charge is 0.271 e. The number of hydrogen-bond acceptors (Lipinski definition) is 6. The lowest BCUT2D eigenvalue weighted by atomic mass is 10.2. The molecular formula is C21H16Cl2N4O5S. The Bertz CT molecular complexity index is 1320. The summed E-state index contributed by atoms with van der Waals surface area (Å²) < 4.78 is 27.3. The van der Waals surface area contributed by atoms with Crippen molar-refractivity contribution in [2.75, 3.05) is 10.8 Å². The monoisotopic (exact) mass is 506 g/mol. The van der Waals surface area contributed by atoms with Gasteiger partial charge in [-0.05, 0) is 36.4 Å². The molecule has 0 aromatic heterocycles. The number of carbonyl (C=O) groups excluding carboxylic acids is 1. The number of sulfonamides is 1. The van der Waals surface area contributed by atoms with Crippen LogP contribution in [0.15, 0.2) is 82.8 Å². The first-order valence-electron chi connectivity index (χ1n) is 9.28. The average molecular weight is 507 g/mol. The second-order valence-corrected chi connectivity index (χ2v) is 9.21. The molecule has 33 heavy (non-hydrogen) atoms. The van der Waals surface area contributed by atoms with Crippen molar-refractivity contribution in [2.24, 2.45) is 5.10 Å². The molecule has 0 heterocycles. The molecule has 3 aromatic carbocycles. The van der Waals surface area contributed by atoms with E-state index in [2.05, 4.69) is 10.5 Å². The van der Waals surface area contributed by atoms with Crippen molar-refractivity contribution in [3.63, 3.8) is 0 Å². The third kappa shape index (κ3) is 5.86. The molecular weight excluding hydrogens is 491 g/mol. The molecule has 0 saturated heterocycles. The maximum Gasteiger partial charge on any atom is 0.278 e. The van der Waals surface area contributed by atoms with E-state index in [1.54, 1.807) is 24.3 Å². The maximum atomic E-state index is 13.2. The maximum absolute atomic E-state index is 13.2. The highest BCUT2D eigenvalue weighted by Crippen LogP contribution is 2.30. The summed E-state index contributed by atoms with van der Waals surface area (Å²) in [6, 6.07) is 17.5. The summed E-state index contributed by atoms with van der Waals surface area (Å²) in [4.78, 5) is 23.0. The molecule has 0 atom stereocenters. The molecule has 0 aliphatic carbocycles. The van der Waals surface area contributed by atoms with Crippen molar-refractivity contribution in [1.29, 1.82) is 0 Å². The van der Waals surface area contributed by atoms with E-state index >= 15 is 0 Å². The van der Waals surface area contributed by atoms with Gasteiger partial charge in [-0.3, -0.25) is 19.2 Å². The third-order valence-electron chi connectivity index (χ3n) is 4.34. The Morgan fingerprint density at radius 1 is 1.03 bits per heavy atom. The van der Waals surface area contributed by atoms with Crippen LogP contribution in [0.2, 0.25) is 10.0 Å². The lowest BCUT2D eigenvalue weighted by Gasteiger charge is -2.24. The molecule has 0 saturated carbocycles. The summed E-state index contributed by atoms with van der Waals surface area (Å²) in [6.07, 6.45) is 1.10. The summed E-state index contributed by atoms with van der Waals surface area (Å²) in [5.41, 5.74) is 2.28. The van der Waals surface area contributed by atoms with Crippen molar-refractivity contribution >= 4 is 56.7 Å². The highest BCUT2D eigenvalue weighted by atomic mass is 35.5. The number of nitrogens with one attached hydrogen (secondary N) is 1. The SMILES string of the molecule is O=C(CN(c1ccc(Cl)c(Cl)c1)S(=O)(=O)c1ccccc1)N/N=C/c1ccccc1[N+](=O)[O-]. The Hall–Kier alpha value is -3.47. The molecule has 0 radical (unpaired) electrons. The van der Waals surface area contributed by atoms with E-state index in [9.17, 15) is 23.3 Å². The molecule has 170 valence electrons. The van der Waals surface area contributed by atoms with Gasteiger partial charge in [0.1, 0.15) is 6.54 Å². The third-order valence-corrected chi connectivity index (χ3v) is 6.86. The van der Waals surface area contributed by atoms with Crippen molar-refractivity contribution in [3.05, 3.63) is 98.5 Å². The van der Waals surface area contributed by atoms with E-state index in [1.165, 1.54) is 48.5 Å². The largest absolute Gasteiger partial charge is 0.278 e. The van der Waals surface area contributed by atoms with E-state index in [4.69, 9.17) is 23.2 Å². The van der Waals surface area contributed by atoms with E-state index in [1.807, 2.05) is 0 Å². The number of halogens is 2. The zero-order valence-corrected chi connectivity index (χ0v) is 19.1. The Labute approximate surface area is 199 Å². The lowest BCUT2D eigenvalue weighted by Crippen LogP contribution is -2.39. The van der Waals surface area contributed by atoms with Gasteiger partial charge in [0.15, 0.2) is 0 Å². The number of rotatable bonds is 8. The summed E-state index contributed by atoms with van der Waals surface area (Å²) in [5.74, 6) is -0.782. The van der Waals surface area contributed by atoms with Gasteiger partial charge in [0.25, 0.3) is 21.6 Å². The molecule has 12 heteroatoms. The number of para-hydroxylation sites is 1. The lowest BCUT2D eigenvalue weighted by molar-refractivity contribution is -0.385. The van der Waals surface area contributed by atoms with Crippen molar-refractivity contribution in [3.8, 4) is 0 Å². The van der Waals surface area contributed by atoms with Crippen LogP contribution in [-0.2, 0) is 14.8 Å². The molecule has 9 nitrogen and oxygen atoms in total. The van der Waals surface area contributed by atoms with E-state index < -0.39 is 27.4 Å². The van der Waals surface area contributed by atoms with Crippen LogP contribution in [0.4, 0.5) is 11.4 Å². The number of benzene rings is 3. The topological polar surface area (TPSA) is 122 Å². The molecule has 3 aromatic rings. The van der Waals surface area contributed by atoms with Gasteiger partial charge >= 0.3 is 0 Å². The summed E-state index contributed by atoms with van der Waals surface area (Å²) >= 11 is 12.0. The number of amides is 1. The zero-order valence-electron chi connectivity index (χ0n) is 16.8. The van der Waals surface area contributed by atoms with Crippen LogP contribution in [0.1, 0.15) is 5.56 Å². The second-order valence-electron chi connectivity index (χ2n) is 6.53. The van der Waals surface area contributed by atoms with Crippen molar-refractivity contribution in [2.45, 2.75) is 4.90 Å². The summed E-state index contributed by atoms with van der Waals surface area (Å²) in [6.45, 7) is -0.636. The quantitative estimate of drug-likeness (QED) is 0.278. The van der Waals surface area contributed by atoms with Crippen LogP contribution < -0.4 is 9.73 Å². The number of hydrazone groups is 1. The van der Waals surface area contributed by atoms with Gasteiger partial charge in [0.05, 0.1) is 37.3 Å². The minimum atomic E-state index is -4.14. The minimum absolute atomic E-state index is 0.0349. The number of nitro groups is 1. The molecule has 0 aliphatic heterocycles. The molecule has 0 aliphatic rings. The first kappa shape index (κ1) is 24.2. The first-order chi connectivity index (χ1) is 15.7. The first-order valence-corrected chi connectivity index (χ1v) is 11.5. The van der Waals surface area contributed by atoms with Crippen LogP contribution >= 0.6 is 23.2 Å². The standard InChI is InChI=1S/C21H16Cl2N4O5S/c22-18-11-10-16(12-19(18)23)26(33(31,32)17-7-2-1-3-8-17)14-21(28)25-24-13-15-6-4-5-9-20(15)27(29)30/h1-13H,14H2,(H,25,28)/b24-13+. The van der Waals surface area contributed by atoms with Gasteiger partial charge in [-0.2, -0.15) is 5.10 Å². The molecule has 3 rings (SSSR count). The van der Waals surface area contributed by atoms with Gasteiger partial charge < -0.3 is 0 Å². The van der Waals surface area contributed by atoms with E-state index in [-0.39, 0.29) is 31.9 Å². The number of anilines is 1. The van der Waals surface area contributed by atoms with Crippen LogP contribution in [0.25, 0.3) is 0 Å². The van der Waals surface area contributed by atoms with E-state index in [0.29, 0.717) is 0 Å². The van der Waals surface area contributed by atoms with Crippen LogP contribution in [0, 0.1) is 10.1 Å². The van der Waals surface area contributed by atoms with Crippen molar-refractivity contribution < 1.29 is 18.1 Å². The summed E-state index contributed by atoms with van der Waals surface area (Å²) in [5, 5.41) is 15.1. The van der Waals surface area contributed by atoms with Gasteiger partial charge in [0, 0.05) is 6.07 Å². The van der Waals surface area contributed by atoms with Crippen molar-refractivity contribution in [1.82, 2.24) is 5.43 Å². The number of hydrogen-bond donors (Lipinski definition) is 1. The molecule has 0 spiro atoms. The van der Waals surface area contributed by atoms with Crippen LogP contribution in [-0.4, -0.2) is 32.0 Å². The Kier molecular flexibility index (Phi) is 7.64. The zero-order chi connectivity index (χ0) is 24.0. The fourth-order valence-electron chi connectivity index (χ4n) is 2.78. The fourth-order valence-corrected chi connectivity index (χ4v) is 4.50. The molecule has 1 amide bonds. The normalized spacial score (nSPS) is 11.3. The number of nitrogens with zero attached hydrogens (tertiary/aromatic N) is 3. The molecule has 0 fully saturated rings. The Morgan fingerprint density at radius 3 is 2.36 bits per heavy atom. The average Bonchev–Trinajstić information content (AvgIpc) is 2.80. The molecule has 0 unspecified atom stereocenters. The highest BCUT2D eigenvalue weighted by Gasteiger charge is 2.27. The van der Waals surface area contributed by atoms with Crippen LogP contribution in [0.5, 0.6) is 0 Å². The van der Waals surface area contributed by atoms with Crippen LogP contribution in [0.3, 0.4) is 0 Å². The highest BCUT2D eigenvalue weighted by molar-refractivity contribution is 7.92. The predicted octanol–water partition coefficient (Wildman–Crippen LogP) is 4.25. The van der Waals surface area contributed by atoms with Gasteiger partial charge in [-0.25, -0.2) is 13.8 Å². The number of nitro benzene ring substituents is 1. The second kappa shape index (κ2) is 10.4. The van der Waals surface area contributed by atoms with Gasteiger partial charge in [-0.1, -0.05) is 53.5 Å². The number of carbonyl (C=O) groups is 1. The Balaban J connectivity index is 1.87. The van der Waals surface area contributed by atoms with Gasteiger partial charge in [-0.15, -0.1) is 0 Å². The Morgan fingerprint density at radius 2 is 1.70 bits per heavy atom. The van der Waals surface area contributed by atoms with Gasteiger partial charge in [0.2, 0.25) is 0 Å². The fraction of sp³-hybridized carbons (Fsp3) is 0.0476. The predicted molar refractivity (Wildman–Crippen MR) is 126 cm³/mol. The van der Waals surface area contributed by atoms with E-state index in [0.717, 1.165) is 10.5 Å². The molecule has 0 bridgehead atoms. The molecule has 1 N–H and O–H groups in total. The summed E-state index contributed by atoms with van der Waals surface area (Å²) in [7, 11) is -4.14. The minimum Gasteiger partial charge on any atom is -0.271 e.